The number of carbonyl (C=O) groups excluding carboxylic acids is 1. The molecule has 0 atom stereocenters. The molecule has 4 rings (SSSR count). The summed E-state index contributed by atoms with van der Waals surface area (Å²) in [5.74, 6) is -0.362. The number of carbonyl (C=O) groups is 1. The number of thiazole rings is 1. The molecular formula is C21H20F2N2O2S2. The molecule has 2 aromatic carbocycles. The summed E-state index contributed by atoms with van der Waals surface area (Å²) in [7, 11) is 0. The number of fused-ring (bicyclic) bond motifs is 1. The molecule has 8 heteroatoms. The molecule has 152 valence electrons. The highest BCUT2D eigenvalue weighted by atomic mass is 32.2. The van der Waals surface area contributed by atoms with Crippen molar-refractivity contribution in [3.8, 4) is 5.19 Å². The van der Waals surface area contributed by atoms with Crippen molar-refractivity contribution in [2.24, 2.45) is 0 Å². The van der Waals surface area contributed by atoms with Crippen LogP contribution in [0.25, 0.3) is 10.2 Å². The number of ether oxygens (including phenoxy) is 1. The van der Waals surface area contributed by atoms with Gasteiger partial charge in [0.1, 0.15) is 17.4 Å². The van der Waals surface area contributed by atoms with Gasteiger partial charge in [0.2, 0.25) is 0 Å². The lowest BCUT2D eigenvalue weighted by Gasteiger charge is -2.32. The van der Waals surface area contributed by atoms with Crippen LogP contribution in [0.1, 0.15) is 30.1 Å². The Labute approximate surface area is 175 Å². The van der Waals surface area contributed by atoms with Gasteiger partial charge in [-0.2, -0.15) is 4.98 Å². The molecule has 1 aromatic heterocycles. The van der Waals surface area contributed by atoms with Gasteiger partial charge in [0.15, 0.2) is 5.82 Å². The number of rotatable bonds is 5. The van der Waals surface area contributed by atoms with Crippen LogP contribution in [0.5, 0.6) is 5.19 Å². The predicted molar refractivity (Wildman–Crippen MR) is 112 cm³/mol. The number of piperidine rings is 1. The molecule has 1 saturated heterocycles. The number of thioether (sulfide) groups is 1. The van der Waals surface area contributed by atoms with Crippen LogP contribution in [-0.4, -0.2) is 40.7 Å². The second-order valence-electron chi connectivity index (χ2n) is 6.75. The van der Waals surface area contributed by atoms with Gasteiger partial charge in [-0.05, 0) is 24.0 Å². The third-order valence-corrected chi connectivity index (χ3v) is 6.66. The molecular weight excluding hydrogens is 414 g/mol. The maximum absolute atomic E-state index is 13.8. The summed E-state index contributed by atoms with van der Waals surface area (Å²) in [6, 6.07) is 9.77. The zero-order valence-corrected chi connectivity index (χ0v) is 17.5. The Morgan fingerprint density at radius 1 is 1.28 bits per heavy atom. The van der Waals surface area contributed by atoms with Crippen molar-refractivity contribution in [3.63, 3.8) is 0 Å². The van der Waals surface area contributed by atoms with Crippen molar-refractivity contribution in [2.45, 2.75) is 30.8 Å². The minimum absolute atomic E-state index is 0.0394. The summed E-state index contributed by atoms with van der Waals surface area (Å²) in [6.45, 7) is 3.24. The summed E-state index contributed by atoms with van der Waals surface area (Å²) in [5.41, 5.74) is 0.867. The van der Waals surface area contributed by atoms with Crippen LogP contribution in [0.15, 0.2) is 41.3 Å². The van der Waals surface area contributed by atoms with E-state index in [0.717, 1.165) is 33.6 Å². The van der Waals surface area contributed by atoms with Gasteiger partial charge in [0, 0.05) is 36.9 Å². The van der Waals surface area contributed by atoms with Crippen LogP contribution in [-0.2, 0) is 0 Å². The first kappa shape index (κ1) is 20.1. The molecule has 1 fully saturated rings. The van der Waals surface area contributed by atoms with Crippen LogP contribution in [0, 0.1) is 11.6 Å². The highest BCUT2D eigenvalue weighted by Crippen LogP contribution is 2.32. The van der Waals surface area contributed by atoms with E-state index in [9.17, 15) is 13.6 Å². The largest absolute Gasteiger partial charge is 0.467 e. The minimum Gasteiger partial charge on any atom is -0.467 e. The summed E-state index contributed by atoms with van der Waals surface area (Å²) in [4.78, 5) is 19.9. The van der Waals surface area contributed by atoms with Crippen LogP contribution in [0.2, 0.25) is 0 Å². The average molecular weight is 435 g/mol. The molecule has 0 bridgehead atoms. The van der Waals surface area contributed by atoms with Crippen molar-refractivity contribution in [1.29, 1.82) is 0 Å². The maximum atomic E-state index is 13.8. The van der Waals surface area contributed by atoms with E-state index >= 15 is 0 Å². The number of halogens is 2. The lowest BCUT2D eigenvalue weighted by molar-refractivity contribution is 0.0592. The maximum Gasteiger partial charge on any atom is 0.274 e. The first-order valence-electron chi connectivity index (χ1n) is 9.48. The molecule has 2 heterocycles. The van der Waals surface area contributed by atoms with Gasteiger partial charge in [-0.25, -0.2) is 8.78 Å². The molecule has 0 unspecified atom stereocenters. The average Bonchev–Trinajstić information content (AvgIpc) is 3.11. The molecule has 0 aliphatic carbocycles. The third-order valence-electron chi connectivity index (χ3n) is 4.81. The Bertz CT molecular complexity index is 1030. The Balaban J connectivity index is 1.40. The smallest absolute Gasteiger partial charge is 0.274 e. The van der Waals surface area contributed by atoms with Crippen molar-refractivity contribution < 1.29 is 18.3 Å². The van der Waals surface area contributed by atoms with Crippen LogP contribution in [0.3, 0.4) is 0 Å². The van der Waals surface area contributed by atoms with Gasteiger partial charge < -0.3 is 9.64 Å². The number of hydrogen-bond acceptors (Lipinski definition) is 5. The van der Waals surface area contributed by atoms with E-state index in [-0.39, 0.29) is 17.5 Å². The Morgan fingerprint density at radius 3 is 2.79 bits per heavy atom. The molecule has 1 aliphatic heterocycles. The van der Waals surface area contributed by atoms with E-state index < -0.39 is 11.6 Å². The monoisotopic (exact) mass is 434 g/mol. The lowest BCUT2D eigenvalue weighted by Crippen LogP contribution is -2.41. The number of likely N-dealkylation sites (tertiary alicyclic amines) is 1. The van der Waals surface area contributed by atoms with Gasteiger partial charge in [-0.3, -0.25) is 4.79 Å². The lowest BCUT2D eigenvalue weighted by atomic mass is 10.1. The normalized spacial score (nSPS) is 15.1. The van der Waals surface area contributed by atoms with E-state index in [2.05, 4.69) is 11.9 Å². The number of amides is 1. The van der Waals surface area contributed by atoms with Crippen molar-refractivity contribution in [1.82, 2.24) is 9.88 Å². The third kappa shape index (κ3) is 4.38. The minimum atomic E-state index is -0.685. The molecule has 29 heavy (non-hydrogen) atoms. The molecule has 0 radical (unpaired) electrons. The molecule has 1 aliphatic rings. The van der Waals surface area contributed by atoms with Gasteiger partial charge in [-0.15, -0.1) is 11.8 Å². The van der Waals surface area contributed by atoms with E-state index in [1.807, 2.05) is 29.2 Å². The van der Waals surface area contributed by atoms with Gasteiger partial charge >= 0.3 is 0 Å². The number of aromatic nitrogens is 1. The van der Waals surface area contributed by atoms with E-state index in [1.165, 1.54) is 6.07 Å². The zero-order chi connectivity index (χ0) is 20.4. The summed E-state index contributed by atoms with van der Waals surface area (Å²) < 4.78 is 33.5. The Hall–Kier alpha value is -2.19. The van der Waals surface area contributed by atoms with Gasteiger partial charge in [0.05, 0.1) is 10.3 Å². The molecule has 4 nitrogen and oxygen atoms in total. The first-order valence-corrected chi connectivity index (χ1v) is 11.3. The molecule has 0 saturated carbocycles. The molecule has 1 amide bonds. The SMILES string of the molecule is CCSc1ccccc1C(=O)N1CCC(Oc2nc3c(F)cc(F)cc3s2)CC1. The fourth-order valence-corrected chi connectivity index (χ4v) is 5.12. The van der Waals surface area contributed by atoms with Crippen molar-refractivity contribution in [2.75, 3.05) is 18.8 Å². The van der Waals surface area contributed by atoms with Gasteiger partial charge in [0.25, 0.3) is 11.1 Å². The van der Waals surface area contributed by atoms with Crippen LogP contribution in [0.4, 0.5) is 8.78 Å². The van der Waals surface area contributed by atoms with E-state index in [4.69, 9.17) is 4.74 Å². The second kappa shape index (κ2) is 8.67. The standard InChI is InChI=1S/C21H20F2N2O2S2/c1-2-28-17-6-4-3-5-15(17)20(26)25-9-7-14(8-10-25)27-21-24-19-16(23)11-13(22)12-18(19)29-21/h3-6,11-12,14H,2,7-10H2,1H3. The number of hydrogen-bond donors (Lipinski definition) is 0. The summed E-state index contributed by atoms with van der Waals surface area (Å²) in [6.07, 6.45) is 1.23. The number of benzene rings is 2. The highest BCUT2D eigenvalue weighted by molar-refractivity contribution is 7.99. The topological polar surface area (TPSA) is 42.4 Å². The van der Waals surface area contributed by atoms with Crippen LogP contribution >= 0.6 is 23.1 Å². The quantitative estimate of drug-likeness (QED) is 0.507. The fourth-order valence-electron chi connectivity index (χ4n) is 3.40. The zero-order valence-electron chi connectivity index (χ0n) is 15.9. The summed E-state index contributed by atoms with van der Waals surface area (Å²) >= 11 is 2.80. The highest BCUT2D eigenvalue weighted by Gasteiger charge is 2.26. The fraction of sp³-hybridized carbons (Fsp3) is 0.333. The summed E-state index contributed by atoms with van der Waals surface area (Å²) in [5, 5.41) is 0.332. The van der Waals surface area contributed by atoms with Gasteiger partial charge in [-0.1, -0.05) is 30.4 Å². The van der Waals surface area contributed by atoms with Crippen molar-refractivity contribution in [3.05, 3.63) is 53.6 Å². The molecule has 3 aromatic rings. The molecule has 0 N–H and O–H groups in total. The van der Waals surface area contributed by atoms with Crippen molar-refractivity contribution >= 4 is 39.2 Å². The second-order valence-corrected chi connectivity index (χ2v) is 9.05. The molecule has 0 spiro atoms. The first-order chi connectivity index (χ1) is 14.0. The van der Waals surface area contributed by atoms with E-state index in [0.29, 0.717) is 35.8 Å². The Morgan fingerprint density at radius 2 is 2.03 bits per heavy atom. The number of nitrogens with zero attached hydrogens (tertiary/aromatic N) is 2. The predicted octanol–water partition coefficient (Wildman–Crippen LogP) is 5.37. The van der Waals surface area contributed by atoms with Crippen LogP contribution < -0.4 is 4.74 Å². The van der Waals surface area contributed by atoms with E-state index in [1.54, 1.807) is 11.8 Å². The Kier molecular flexibility index (Phi) is 6.01.